The van der Waals surface area contributed by atoms with Crippen molar-refractivity contribution in [2.24, 2.45) is 5.73 Å². The van der Waals surface area contributed by atoms with Crippen molar-refractivity contribution in [3.63, 3.8) is 0 Å². The molecule has 0 aliphatic heterocycles. The van der Waals surface area contributed by atoms with E-state index in [0.29, 0.717) is 0 Å². The van der Waals surface area contributed by atoms with Crippen LogP contribution in [0.15, 0.2) is 11.3 Å². The van der Waals surface area contributed by atoms with Crippen molar-refractivity contribution in [1.29, 1.82) is 0 Å². The lowest BCUT2D eigenvalue weighted by molar-refractivity contribution is -0.138. The summed E-state index contributed by atoms with van der Waals surface area (Å²) in [5.41, 5.74) is 5.11. The molecule has 1 rings (SSSR count). The maximum Gasteiger partial charge on any atom is 0.320 e. The van der Waals surface area contributed by atoms with Gasteiger partial charge in [-0.05, 0) is 0 Å². The van der Waals surface area contributed by atoms with Crippen molar-refractivity contribution in [2.45, 2.75) is 25.0 Å². The Labute approximate surface area is 79.6 Å². The van der Waals surface area contributed by atoms with Crippen molar-refractivity contribution in [3.8, 4) is 0 Å². The second kappa shape index (κ2) is 3.77. The Morgan fingerprint density at radius 3 is 2.57 bits per heavy atom. The molecule has 0 aromatic heterocycles. The summed E-state index contributed by atoms with van der Waals surface area (Å²) < 4.78 is 0. The lowest BCUT2D eigenvalue weighted by Gasteiger charge is -2.06. The van der Waals surface area contributed by atoms with Crippen LogP contribution in [-0.4, -0.2) is 39.2 Å². The number of aliphatic hydroxyl groups excluding tert-OH is 2. The molecule has 0 aromatic rings. The molecular formula is C8H11NO5. The number of hydrogen-bond acceptors (Lipinski definition) is 5. The minimum Gasteiger partial charge on any atom is -0.509 e. The number of carboxylic acids is 1. The van der Waals surface area contributed by atoms with Gasteiger partial charge in [0.1, 0.15) is 17.9 Å². The van der Waals surface area contributed by atoms with Crippen molar-refractivity contribution in [3.05, 3.63) is 11.3 Å². The van der Waals surface area contributed by atoms with Gasteiger partial charge in [-0.25, -0.2) is 0 Å². The second-order valence-electron chi connectivity index (χ2n) is 3.16. The van der Waals surface area contributed by atoms with Gasteiger partial charge in [0.05, 0.1) is 0 Å². The van der Waals surface area contributed by atoms with Gasteiger partial charge in [-0.3, -0.25) is 9.59 Å². The number of carbonyl (C=O) groups excluding carboxylic acids is 1. The Morgan fingerprint density at radius 2 is 2.21 bits per heavy atom. The molecule has 0 amide bonds. The Hall–Kier alpha value is -1.40. The third kappa shape index (κ3) is 1.91. The molecule has 6 nitrogen and oxygen atoms in total. The molecule has 0 fully saturated rings. The van der Waals surface area contributed by atoms with E-state index in [2.05, 4.69) is 0 Å². The van der Waals surface area contributed by atoms with Gasteiger partial charge >= 0.3 is 5.97 Å². The quantitative estimate of drug-likeness (QED) is 0.461. The third-order valence-corrected chi connectivity index (χ3v) is 2.08. The van der Waals surface area contributed by atoms with E-state index in [1.807, 2.05) is 0 Å². The Balaban J connectivity index is 2.78. The molecule has 14 heavy (non-hydrogen) atoms. The van der Waals surface area contributed by atoms with Gasteiger partial charge in [0.2, 0.25) is 0 Å². The van der Waals surface area contributed by atoms with Gasteiger partial charge < -0.3 is 21.1 Å². The molecule has 0 saturated heterocycles. The number of hydrogen-bond donors (Lipinski definition) is 4. The van der Waals surface area contributed by atoms with Crippen LogP contribution in [0.25, 0.3) is 0 Å². The van der Waals surface area contributed by atoms with E-state index in [1.165, 1.54) is 0 Å². The SMILES string of the molecule is NC(CC1=C(O)C(O)CC1=O)C(=O)O. The molecule has 2 atom stereocenters. The lowest BCUT2D eigenvalue weighted by Crippen LogP contribution is -2.31. The topological polar surface area (TPSA) is 121 Å². The highest BCUT2D eigenvalue weighted by Gasteiger charge is 2.32. The van der Waals surface area contributed by atoms with Gasteiger partial charge in [0.25, 0.3) is 0 Å². The van der Waals surface area contributed by atoms with Crippen LogP contribution in [-0.2, 0) is 9.59 Å². The summed E-state index contributed by atoms with van der Waals surface area (Å²) in [6.45, 7) is 0. The van der Waals surface area contributed by atoms with Gasteiger partial charge in [-0.1, -0.05) is 0 Å². The summed E-state index contributed by atoms with van der Waals surface area (Å²) in [5.74, 6) is -2.15. The summed E-state index contributed by atoms with van der Waals surface area (Å²) in [4.78, 5) is 21.5. The first-order chi connectivity index (χ1) is 6.43. The Bertz CT molecular complexity index is 309. The molecule has 0 spiro atoms. The van der Waals surface area contributed by atoms with Gasteiger partial charge in [-0.15, -0.1) is 0 Å². The average Bonchev–Trinajstić information content (AvgIpc) is 2.32. The number of aliphatic carboxylic acids is 1. The van der Waals surface area contributed by atoms with Crippen molar-refractivity contribution in [1.82, 2.24) is 0 Å². The van der Waals surface area contributed by atoms with E-state index < -0.39 is 29.7 Å². The fourth-order valence-electron chi connectivity index (χ4n) is 1.27. The van der Waals surface area contributed by atoms with Crippen LogP contribution in [0.4, 0.5) is 0 Å². The fraction of sp³-hybridized carbons (Fsp3) is 0.500. The number of carbonyl (C=O) groups is 2. The predicted octanol–water partition coefficient (Wildman–Crippen LogP) is -1.07. The summed E-state index contributed by atoms with van der Waals surface area (Å²) in [6, 6.07) is -1.23. The van der Waals surface area contributed by atoms with E-state index in [9.17, 15) is 14.7 Å². The van der Waals surface area contributed by atoms with E-state index in [0.717, 1.165) is 0 Å². The maximum atomic E-state index is 11.1. The number of rotatable bonds is 3. The molecule has 0 saturated carbocycles. The standard InChI is InChI=1S/C8H11NO5/c9-4(8(13)14)1-3-5(10)2-6(11)7(3)12/h4,6,11-12H,1-2,9H2,(H,13,14). The molecule has 1 aliphatic rings. The van der Waals surface area contributed by atoms with Gasteiger partial charge in [0, 0.05) is 18.4 Å². The number of carboxylic acid groups (broad SMARTS) is 1. The van der Waals surface area contributed by atoms with E-state index in [4.69, 9.17) is 15.9 Å². The molecular weight excluding hydrogens is 190 g/mol. The predicted molar refractivity (Wildman–Crippen MR) is 45.5 cm³/mol. The van der Waals surface area contributed by atoms with Crippen LogP contribution in [0, 0.1) is 0 Å². The zero-order valence-corrected chi connectivity index (χ0v) is 7.30. The van der Waals surface area contributed by atoms with E-state index >= 15 is 0 Å². The van der Waals surface area contributed by atoms with Gasteiger partial charge in [-0.2, -0.15) is 0 Å². The van der Waals surface area contributed by atoms with Gasteiger partial charge in [0.15, 0.2) is 5.78 Å². The number of ketones is 1. The number of aliphatic hydroxyl groups is 2. The highest BCUT2D eigenvalue weighted by molar-refractivity contribution is 5.99. The number of Topliss-reactive ketones (excluding diaryl/α,β-unsaturated/α-hetero) is 1. The minimum atomic E-state index is -1.25. The Morgan fingerprint density at radius 1 is 1.64 bits per heavy atom. The lowest BCUT2D eigenvalue weighted by atomic mass is 10.1. The first-order valence-electron chi connectivity index (χ1n) is 4.05. The highest BCUT2D eigenvalue weighted by Crippen LogP contribution is 2.24. The first-order valence-corrected chi connectivity index (χ1v) is 4.05. The normalized spacial score (nSPS) is 24.1. The third-order valence-electron chi connectivity index (χ3n) is 2.08. The molecule has 2 unspecified atom stereocenters. The van der Waals surface area contributed by atoms with Crippen molar-refractivity contribution < 1.29 is 24.9 Å². The fourth-order valence-corrected chi connectivity index (χ4v) is 1.27. The molecule has 78 valence electrons. The van der Waals surface area contributed by atoms with Crippen LogP contribution in [0.1, 0.15) is 12.8 Å². The summed E-state index contributed by atoms with van der Waals surface area (Å²) in [5, 5.41) is 26.8. The van der Waals surface area contributed by atoms with Crippen molar-refractivity contribution in [2.75, 3.05) is 0 Å². The number of nitrogens with two attached hydrogens (primary N) is 1. The molecule has 0 aromatic carbocycles. The maximum absolute atomic E-state index is 11.1. The first kappa shape index (κ1) is 10.7. The molecule has 0 heterocycles. The van der Waals surface area contributed by atoms with Crippen molar-refractivity contribution >= 4 is 11.8 Å². The van der Waals surface area contributed by atoms with Crippen LogP contribution in [0.5, 0.6) is 0 Å². The average molecular weight is 201 g/mol. The van der Waals surface area contributed by atoms with Crippen LogP contribution in [0.3, 0.4) is 0 Å². The zero-order chi connectivity index (χ0) is 10.9. The summed E-state index contributed by atoms with van der Waals surface area (Å²) >= 11 is 0. The largest absolute Gasteiger partial charge is 0.509 e. The minimum absolute atomic E-state index is 0.0765. The smallest absolute Gasteiger partial charge is 0.320 e. The molecule has 6 heteroatoms. The summed E-state index contributed by atoms with van der Waals surface area (Å²) in [7, 11) is 0. The van der Waals surface area contributed by atoms with E-state index in [1.54, 1.807) is 0 Å². The molecule has 0 bridgehead atoms. The Kier molecular flexibility index (Phi) is 2.87. The monoisotopic (exact) mass is 201 g/mol. The molecule has 5 N–H and O–H groups in total. The van der Waals surface area contributed by atoms with E-state index in [-0.39, 0.29) is 18.4 Å². The molecule has 1 aliphatic carbocycles. The molecule has 0 radical (unpaired) electrons. The highest BCUT2D eigenvalue weighted by atomic mass is 16.4. The van der Waals surface area contributed by atoms with Crippen LogP contribution < -0.4 is 5.73 Å². The second-order valence-corrected chi connectivity index (χ2v) is 3.16. The zero-order valence-electron chi connectivity index (χ0n) is 7.30. The summed E-state index contributed by atoms with van der Waals surface area (Å²) in [6.07, 6.45) is -1.66. The van der Waals surface area contributed by atoms with Crippen LogP contribution >= 0.6 is 0 Å². The van der Waals surface area contributed by atoms with Crippen LogP contribution in [0.2, 0.25) is 0 Å².